The number of nitrogens with zero attached hydrogens (tertiary/aromatic N) is 1. The number of ketones is 1. The molecule has 4 heteroatoms. The number of allylic oxidation sites excluding steroid dienone is 2. The van der Waals surface area contributed by atoms with Crippen LogP contribution in [-0.2, 0) is 17.8 Å². The van der Waals surface area contributed by atoms with E-state index in [-0.39, 0.29) is 18.0 Å². The van der Waals surface area contributed by atoms with Gasteiger partial charge in [0.05, 0.1) is 0 Å². The van der Waals surface area contributed by atoms with Crippen molar-refractivity contribution in [3.8, 4) is 0 Å². The fourth-order valence-electron chi connectivity index (χ4n) is 5.44. The summed E-state index contributed by atoms with van der Waals surface area (Å²) in [4.78, 5) is 16.2. The van der Waals surface area contributed by atoms with Crippen molar-refractivity contribution in [3.05, 3.63) is 94.3 Å². The third-order valence-electron chi connectivity index (χ3n) is 7.42. The van der Waals surface area contributed by atoms with Crippen molar-refractivity contribution in [1.29, 1.82) is 0 Å². The first kappa shape index (κ1) is 22.0. The van der Waals surface area contributed by atoms with Gasteiger partial charge in [0, 0.05) is 30.6 Å². The predicted octanol–water partition coefficient (Wildman–Crippen LogP) is 5.12. The molecule has 2 aromatic carbocycles. The minimum Gasteiger partial charge on any atom is -0.354 e. The van der Waals surface area contributed by atoms with E-state index in [4.69, 9.17) is 0 Å². The Balaban J connectivity index is 1.42. The fraction of sp³-hybridized carbons (Fsp3) is 0.414. The topological polar surface area (TPSA) is 44.4 Å². The molecule has 0 amide bonds. The largest absolute Gasteiger partial charge is 0.354 e. The summed E-state index contributed by atoms with van der Waals surface area (Å²) in [6.07, 6.45) is 6.39. The van der Waals surface area contributed by atoms with Crippen molar-refractivity contribution in [2.45, 2.75) is 71.2 Å². The molecule has 0 aromatic heterocycles. The van der Waals surface area contributed by atoms with E-state index < -0.39 is 0 Å². The minimum atomic E-state index is -0.168. The van der Waals surface area contributed by atoms with Crippen molar-refractivity contribution in [2.24, 2.45) is 5.92 Å². The summed E-state index contributed by atoms with van der Waals surface area (Å²) >= 11 is 0. The number of hydrogen-bond donors (Lipinski definition) is 2. The Bertz CT molecular complexity index is 1060. The Morgan fingerprint density at radius 1 is 0.970 bits per heavy atom. The second kappa shape index (κ2) is 9.18. The van der Waals surface area contributed by atoms with Gasteiger partial charge in [0.1, 0.15) is 5.70 Å². The number of carbonyl (C=O) groups is 1. The van der Waals surface area contributed by atoms with Crippen LogP contribution in [0.15, 0.2) is 72.1 Å². The average Bonchev–Trinajstić information content (AvgIpc) is 3.42. The van der Waals surface area contributed by atoms with Gasteiger partial charge >= 0.3 is 0 Å². The van der Waals surface area contributed by atoms with Crippen LogP contribution in [0.1, 0.15) is 54.4 Å². The molecule has 4 nitrogen and oxygen atoms in total. The first-order valence-corrected chi connectivity index (χ1v) is 12.3. The van der Waals surface area contributed by atoms with Crippen LogP contribution in [0.25, 0.3) is 0 Å². The van der Waals surface area contributed by atoms with Gasteiger partial charge in [-0.2, -0.15) is 0 Å². The summed E-state index contributed by atoms with van der Waals surface area (Å²) in [7, 11) is 0. The zero-order valence-corrected chi connectivity index (χ0v) is 19.9. The number of benzene rings is 2. The maximum atomic E-state index is 13.9. The summed E-state index contributed by atoms with van der Waals surface area (Å²) in [6, 6.07) is 17.7. The highest BCUT2D eigenvalue weighted by atomic mass is 16.1. The number of hydrogen-bond acceptors (Lipinski definition) is 4. The van der Waals surface area contributed by atoms with Crippen molar-refractivity contribution >= 4 is 5.78 Å². The number of rotatable bonds is 6. The zero-order chi connectivity index (χ0) is 22.9. The van der Waals surface area contributed by atoms with E-state index in [0.717, 1.165) is 23.4 Å². The summed E-state index contributed by atoms with van der Waals surface area (Å²) in [6.45, 7) is 9.25. The Labute approximate surface area is 197 Å². The Kier molecular flexibility index (Phi) is 6.11. The van der Waals surface area contributed by atoms with E-state index in [9.17, 15) is 4.79 Å². The minimum absolute atomic E-state index is 0.0470. The van der Waals surface area contributed by atoms with Crippen LogP contribution in [0.5, 0.6) is 0 Å². The van der Waals surface area contributed by atoms with Crippen LogP contribution in [0.3, 0.4) is 0 Å². The highest BCUT2D eigenvalue weighted by Gasteiger charge is 2.42. The summed E-state index contributed by atoms with van der Waals surface area (Å²) in [5.74, 6) is 0.0381. The second-order valence-electron chi connectivity index (χ2n) is 10.1. The Morgan fingerprint density at radius 2 is 1.58 bits per heavy atom. The predicted molar refractivity (Wildman–Crippen MR) is 133 cm³/mol. The molecule has 2 N–H and O–H groups in total. The van der Waals surface area contributed by atoms with Gasteiger partial charge in [0.2, 0.25) is 0 Å². The van der Waals surface area contributed by atoms with Crippen molar-refractivity contribution < 1.29 is 4.79 Å². The van der Waals surface area contributed by atoms with Crippen molar-refractivity contribution in [2.75, 3.05) is 0 Å². The number of carbonyl (C=O) groups excluding carboxylic acids is 1. The van der Waals surface area contributed by atoms with Gasteiger partial charge in [0.15, 0.2) is 12.1 Å². The average molecular weight is 442 g/mol. The maximum Gasteiger partial charge on any atom is 0.188 e. The molecule has 1 fully saturated rings. The lowest BCUT2D eigenvalue weighted by molar-refractivity contribution is -0.120. The van der Waals surface area contributed by atoms with Crippen LogP contribution in [-0.4, -0.2) is 23.0 Å². The molecular weight excluding hydrogens is 406 g/mol. The third-order valence-corrected chi connectivity index (χ3v) is 7.42. The molecule has 1 saturated carbocycles. The summed E-state index contributed by atoms with van der Waals surface area (Å²) < 4.78 is 0. The molecule has 5 rings (SSSR count). The van der Waals surface area contributed by atoms with Gasteiger partial charge in [-0.1, -0.05) is 84.7 Å². The van der Waals surface area contributed by atoms with Gasteiger partial charge < -0.3 is 10.2 Å². The van der Waals surface area contributed by atoms with E-state index in [1.54, 1.807) is 0 Å². The molecule has 2 aliphatic carbocycles. The van der Waals surface area contributed by atoms with E-state index in [1.807, 2.05) is 0 Å². The highest BCUT2D eigenvalue weighted by Crippen LogP contribution is 2.38. The van der Waals surface area contributed by atoms with E-state index >= 15 is 0 Å². The first-order valence-electron chi connectivity index (χ1n) is 12.3. The van der Waals surface area contributed by atoms with Gasteiger partial charge in [0.25, 0.3) is 0 Å². The molecule has 1 aliphatic heterocycles. The number of Topliss-reactive ketones (excluding diaryl/α,β-unsaturated/α-hetero) is 1. The molecule has 2 unspecified atom stereocenters. The molecule has 0 saturated heterocycles. The Morgan fingerprint density at radius 3 is 2.21 bits per heavy atom. The molecule has 172 valence electrons. The maximum absolute atomic E-state index is 13.9. The molecule has 0 spiro atoms. The number of nitrogens with one attached hydrogen (secondary N) is 2. The Hall–Kier alpha value is -2.85. The van der Waals surface area contributed by atoms with Gasteiger partial charge in [-0.15, -0.1) is 0 Å². The van der Waals surface area contributed by atoms with E-state index in [0.29, 0.717) is 19.0 Å². The fourth-order valence-corrected chi connectivity index (χ4v) is 5.44. The van der Waals surface area contributed by atoms with Crippen molar-refractivity contribution in [3.63, 3.8) is 0 Å². The highest BCUT2D eigenvalue weighted by molar-refractivity contribution is 6.01. The van der Waals surface area contributed by atoms with Gasteiger partial charge in [-0.3, -0.25) is 10.1 Å². The SMILES string of the molecule is C=C1CC2=C(C(=O)C1Cc1ccc(C)cc1)N(Cc1ccc(C)cc1)C(NC1CCCC1)N2. The molecule has 1 heterocycles. The van der Waals surface area contributed by atoms with Crippen LogP contribution in [0, 0.1) is 19.8 Å². The summed E-state index contributed by atoms with van der Waals surface area (Å²) in [5.41, 5.74) is 7.82. The molecule has 0 bridgehead atoms. The molecule has 33 heavy (non-hydrogen) atoms. The van der Waals surface area contributed by atoms with Gasteiger partial charge in [-0.05, 0) is 44.2 Å². The van der Waals surface area contributed by atoms with E-state index in [1.165, 1.54) is 47.9 Å². The standard InChI is InChI=1S/C29H35N3O/c1-19-8-12-22(13-9-19)17-25-21(3)16-26-27(28(25)33)32(18-23-14-10-20(2)11-15-23)29(31-26)30-24-6-4-5-7-24/h8-15,24-25,29-31H,3-7,16-18H2,1-2H3. The normalized spacial score (nSPS) is 23.3. The first-order chi connectivity index (χ1) is 16.0. The van der Waals surface area contributed by atoms with Crippen LogP contribution >= 0.6 is 0 Å². The smallest absolute Gasteiger partial charge is 0.188 e. The zero-order valence-electron chi connectivity index (χ0n) is 19.9. The molecular formula is C29H35N3O. The molecule has 2 atom stereocenters. The lowest BCUT2D eigenvalue weighted by Crippen LogP contribution is -2.52. The van der Waals surface area contributed by atoms with Crippen molar-refractivity contribution in [1.82, 2.24) is 15.5 Å². The van der Waals surface area contributed by atoms with Crippen LogP contribution in [0.4, 0.5) is 0 Å². The third kappa shape index (κ3) is 4.63. The molecule has 0 radical (unpaired) electrons. The number of aryl methyl sites for hydroxylation is 2. The van der Waals surface area contributed by atoms with Gasteiger partial charge in [-0.25, -0.2) is 0 Å². The quantitative estimate of drug-likeness (QED) is 0.611. The van der Waals surface area contributed by atoms with Crippen LogP contribution in [0.2, 0.25) is 0 Å². The molecule has 3 aliphatic rings. The monoisotopic (exact) mass is 441 g/mol. The second-order valence-corrected chi connectivity index (χ2v) is 10.1. The van der Waals surface area contributed by atoms with Crippen LogP contribution < -0.4 is 10.6 Å². The lowest BCUT2D eigenvalue weighted by atomic mass is 9.81. The lowest BCUT2D eigenvalue weighted by Gasteiger charge is -2.33. The summed E-state index contributed by atoms with van der Waals surface area (Å²) in [5, 5.41) is 7.48. The molecule has 2 aromatic rings. The van der Waals surface area contributed by atoms with E-state index in [2.05, 4.69) is 84.5 Å².